The van der Waals surface area contributed by atoms with Gasteiger partial charge in [-0.2, -0.15) is 0 Å². The second kappa shape index (κ2) is 14.2. The molecule has 0 heterocycles. The molecule has 0 aromatic heterocycles. The predicted molar refractivity (Wildman–Crippen MR) is 220 cm³/mol. The topological polar surface area (TPSA) is 0 Å². The molecule has 0 unspecified atom stereocenters. The van der Waals surface area contributed by atoms with Crippen LogP contribution >= 0.6 is 0 Å². The van der Waals surface area contributed by atoms with E-state index in [2.05, 4.69) is 194 Å². The predicted octanol–water partition coefficient (Wildman–Crippen LogP) is 13.6. The van der Waals surface area contributed by atoms with Gasteiger partial charge in [0.25, 0.3) is 0 Å². The Balaban J connectivity index is 0.936. The summed E-state index contributed by atoms with van der Waals surface area (Å²) in [4.78, 5) is 0. The summed E-state index contributed by atoms with van der Waals surface area (Å²) in [7, 11) is 0. The van der Waals surface area contributed by atoms with Gasteiger partial charge in [-0.05, 0) is 115 Å². The van der Waals surface area contributed by atoms with E-state index in [9.17, 15) is 0 Å². The molecule has 12 rings (SSSR count). The zero-order valence-electron chi connectivity index (χ0n) is 29.3. The SMILES string of the molecule is c1ccc(-c2ccc(-c3ccc(-c4cc5ccc4CCc4ccc(c(-c6ccc(-c7ccc(-c8ccccc8)cc7)cc6)c4)CC5)cc3)cc2)cc1. The van der Waals surface area contributed by atoms with Gasteiger partial charge in [-0.3, -0.25) is 0 Å². The molecule has 8 aromatic carbocycles. The summed E-state index contributed by atoms with van der Waals surface area (Å²) >= 11 is 0. The second-order valence-electron chi connectivity index (χ2n) is 14.0. The smallest absolute Gasteiger partial charge is 0.0149 e. The fourth-order valence-corrected chi connectivity index (χ4v) is 7.75. The van der Waals surface area contributed by atoms with Crippen molar-refractivity contribution in [1.29, 1.82) is 0 Å². The number of benzene rings is 8. The van der Waals surface area contributed by atoms with E-state index in [1.165, 1.54) is 89.0 Å². The molecule has 0 nitrogen and oxygen atoms in total. The largest absolute Gasteiger partial charge is 0.0622 e. The standard InChI is InChI=1S/C52H40/c1-3-7-39(8-4-1)41-19-23-43(24-20-41)45-27-31-49(32-28-45)51-35-37-11-15-47(51)17-13-38-12-16-48(18-14-37)52(36-38)50-33-29-46(30-34-50)44-25-21-42(22-26-44)40-9-5-2-6-10-40/h1-12,15-16,19-36H,13-14,17-18H2. The minimum atomic E-state index is 1.01. The zero-order valence-corrected chi connectivity index (χ0v) is 29.3. The fourth-order valence-electron chi connectivity index (χ4n) is 7.75. The lowest BCUT2D eigenvalue weighted by atomic mass is 9.87. The van der Waals surface area contributed by atoms with Gasteiger partial charge in [0.2, 0.25) is 0 Å². The maximum absolute atomic E-state index is 2.45. The normalized spacial score (nSPS) is 12.3. The first-order valence-corrected chi connectivity index (χ1v) is 18.5. The van der Waals surface area contributed by atoms with Crippen LogP contribution in [0.5, 0.6) is 0 Å². The highest BCUT2D eigenvalue weighted by molar-refractivity contribution is 5.77. The van der Waals surface area contributed by atoms with Gasteiger partial charge in [-0.1, -0.05) is 194 Å². The van der Waals surface area contributed by atoms with Gasteiger partial charge in [0.15, 0.2) is 0 Å². The molecule has 0 amide bonds. The minimum absolute atomic E-state index is 1.01. The maximum atomic E-state index is 2.45. The molecule has 0 radical (unpaired) electrons. The minimum Gasteiger partial charge on any atom is -0.0622 e. The van der Waals surface area contributed by atoms with Crippen LogP contribution in [0.3, 0.4) is 0 Å². The molecule has 0 saturated heterocycles. The van der Waals surface area contributed by atoms with Crippen LogP contribution in [0.15, 0.2) is 194 Å². The zero-order chi connectivity index (χ0) is 34.7. The van der Waals surface area contributed by atoms with Gasteiger partial charge in [0.05, 0.1) is 0 Å². The Kier molecular flexibility index (Phi) is 8.65. The van der Waals surface area contributed by atoms with Crippen molar-refractivity contribution in [3.05, 3.63) is 216 Å². The van der Waals surface area contributed by atoms with Crippen molar-refractivity contribution in [3.8, 4) is 66.8 Å². The van der Waals surface area contributed by atoms with Crippen molar-refractivity contribution in [2.75, 3.05) is 0 Å². The van der Waals surface area contributed by atoms with E-state index in [4.69, 9.17) is 0 Å². The number of hydrogen-bond acceptors (Lipinski definition) is 0. The van der Waals surface area contributed by atoms with Crippen molar-refractivity contribution >= 4 is 0 Å². The number of hydrogen-bond donors (Lipinski definition) is 0. The van der Waals surface area contributed by atoms with Crippen LogP contribution in [0.25, 0.3) is 66.8 Å². The Morgan fingerprint density at radius 3 is 0.788 bits per heavy atom. The van der Waals surface area contributed by atoms with E-state index in [1.807, 2.05) is 0 Å². The average molecular weight is 665 g/mol. The van der Waals surface area contributed by atoms with Gasteiger partial charge >= 0.3 is 0 Å². The van der Waals surface area contributed by atoms with E-state index < -0.39 is 0 Å². The molecule has 0 spiro atoms. The van der Waals surface area contributed by atoms with E-state index in [0.717, 1.165) is 25.7 Å². The van der Waals surface area contributed by atoms with Crippen molar-refractivity contribution < 1.29 is 0 Å². The van der Waals surface area contributed by atoms with E-state index in [-0.39, 0.29) is 0 Å². The molecule has 0 atom stereocenters. The van der Waals surface area contributed by atoms with Gasteiger partial charge in [-0.15, -0.1) is 0 Å². The molecule has 4 aliphatic rings. The Bertz CT molecular complexity index is 2260. The summed E-state index contributed by atoms with van der Waals surface area (Å²) in [5.74, 6) is 0. The molecular formula is C52H40. The summed E-state index contributed by atoms with van der Waals surface area (Å²) in [6.45, 7) is 0. The summed E-state index contributed by atoms with van der Waals surface area (Å²) < 4.78 is 0. The van der Waals surface area contributed by atoms with Gasteiger partial charge < -0.3 is 0 Å². The van der Waals surface area contributed by atoms with E-state index in [0.29, 0.717) is 0 Å². The van der Waals surface area contributed by atoms with Gasteiger partial charge in [0.1, 0.15) is 0 Å². The molecule has 248 valence electrons. The van der Waals surface area contributed by atoms with Crippen LogP contribution in [0.2, 0.25) is 0 Å². The summed E-state index contributed by atoms with van der Waals surface area (Å²) in [5, 5.41) is 0. The number of rotatable bonds is 6. The van der Waals surface area contributed by atoms with Crippen LogP contribution in [-0.2, 0) is 25.7 Å². The van der Waals surface area contributed by atoms with Crippen molar-refractivity contribution in [2.24, 2.45) is 0 Å². The van der Waals surface area contributed by atoms with Crippen LogP contribution in [0.4, 0.5) is 0 Å². The highest BCUT2D eigenvalue weighted by Crippen LogP contribution is 2.34. The molecule has 4 aliphatic carbocycles. The molecule has 4 bridgehead atoms. The lowest BCUT2D eigenvalue weighted by molar-refractivity contribution is 0.925. The summed E-state index contributed by atoms with van der Waals surface area (Å²) in [5.41, 5.74) is 20.9. The quantitative estimate of drug-likeness (QED) is 0.166. The average Bonchev–Trinajstić information content (AvgIpc) is 3.22. The molecule has 0 saturated carbocycles. The highest BCUT2D eigenvalue weighted by Gasteiger charge is 2.14. The Morgan fingerprint density at radius 1 is 0.212 bits per heavy atom. The molecule has 52 heavy (non-hydrogen) atoms. The number of aryl methyl sites for hydroxylation is 4. The molecule has 0 N–H and O–H groups in total. The molecule has 8 aromatic rings. The second-order valence-corrected chi connectivity index (χ2v) is 14.0. The van der Waals surface area contributed by atoms with Crippen LogP contribution in [-0.4, -0.2) is 0 Å². The maximum Gasteiger partial charge on any atom is -0.0149 e. The lowest BCUT2D eigenvalue weighted by Crippen LogP contribution is -2.02. The third-order valence-corrected chi connectivity index (χ3v) is 10.8. The van der Waals surface area contributed by atoms with Gasteiger partial charge in [-0.25, -0.2) is 0 Å². The van der Waals surface area contributed by atoms with E-state index in [1.54, 1.807) is 0 Å². The van der Waals surface area contributed by atoms with Crippen molar-refractivity contribution in [2.45, 2.75) is 25.7 Å². The molecular weight excluding hydrogens is 625 g/mol. The first-order chi connectivity index (χ1) is 25.7. The van der Waals surface area contributed by atoms with Crippen LogP contribution in [0, 0.1) is 0 Å². The highest BCUT2D eigenvalue weighted by atomic mass is 14.2. The van der Waals surface area contributed by atoms with Crippen LogP contribution < -0.4 is 0 Å². The summed E-state index contributed by atoms with van der Waals surface area (Å²) in [6, 6.07) is 71.7. The molecule has 0 fully saturated rings. The third kappa shape index (κ3) is 6.64. The first kappa shape index (κ1) is 31.7. The van der Waals surface area contributed by atoms with Crippen LogP contribution in [0.1, 0.15) is 22.3 Å². The Hall–Kier alpha value is -6.24. The summed E-state index contributed by atoms with van der Waals surface area (Å²) in [6.07, 6.45) is 4.04. The fraction of sp³-hybridized carbons (Fsp3) is 0.0769. The lowest BCUT2D eigenvalue weighted by Gasteiger charge is -2.18. The molecule has 0 heteroatoms. The van der Waals surface area contributed by atoms with Crippen molar-refractivity contribution in [1.82, 2.24) is 0 Å². The monoisotopic (exact) mass is 664 g/mol. The third-order valence-electron chi connectivity index (χ3n) is 10.8. The van der Waals surface area contributed by atoms with E-state index >= 15 is 0 Å². The van der Waals surface area contributed by atoms with Gasteiger partial charge in [0, 0.05) is 0 Å². The molecule has 0 aliphatic heterocycles. The Morgan fingerprint density at radius 2 is 0.481 bits per heavy atom. The Labute approximate surface area is 307 Å². The van der Waals surface area contributed by atoms with Crippen molar-refractivity contribution in [3.63, 3.8) is 0 Å². The first-order valence-electron chi connectivity index (χ1n) is 18.5.